The summed E-state index contributed by atoms with van der Waals surface area (Å²) in [5, 5.41) is 0. The molecule has 1 aliphatic rings. The lowest BCUT2D eigenvalue weighted by atomic mass is 9.88. The molecule has 0 bridgehead atoms. The maximum absolute atomic E-state index is 6.16. The fraction of sp³-hybridized carbons (Fsp3) is 0.733. The van der Waals surface area contributed by atoms with Gasteiger partial charge in [-0.3, -0.25) is 4.90 Å². The van der Waals surface area contributed by atoms with E-state index in [1.165, 1.54) is 38.5 Å². The van der Waals surface area contributed by atoms with Gasteiger partial charge in [-0.2, -0.15) is 0 Å². The summed E-state index contributed by atoms with van der Waals surface area (Å²) in [6, 6.07) is 1.87. The first-order valence-corrected chi connectivity index (χ1v) is 7.52. The quantitative estimate of drug-likeness (QED) is 0.828. The van der Waals surface area contributed by atoms with Crippen molar-refractivity contribution in [3.05, 3.63) is 24.3 Å². The van der Waals surface area contributed by atoms with E-state index in [0.29, 0.717) is 0 Å². The second kappa shape index (κ2) is 6.96. The van der Waals surface area contributed by atoms with E-state index < -0.39 is 0 Å². The molecule has 2 N–H and O–H groups in total. The summed E-state index contributed by atoms with van der Waals surface area (Å²) in [4.78, 5) is 11.2. The van der Waals surface area contributed by atoms with Gasteiger partial charge in [-0.1, -0.05) is 32.6 Å². The molecule has 0 aromatic carbocycles. The zero-order valence-corrected chi connectivity index (χ0v) is 12.0. The summed E-state index contributed by atoms with van der Waals surface area (Å²) < 4.78 is 0. The van der Waals surface area contributed by atoms with E-state index in [1.807, 2.05) is 18.5 Å². The minimum Gasteiger partial charge on any atom is -0.329 e. The van der Waals surface area contributed by atoms with Gasteiger partial charge in [-0.15, -0.1) is 0 Å². The molecule has 1 fully saturated rings. The van der Waals surface area contributed by atoms with Crippen LogP contribution < -0.4 is 5.73 Å². The third-order valence-electron chi connectivity index (χ3n) is 4.42. The first-order chi connectivity index (χ1) is 9.30. The zero-order chi connectivity index (χ0) is 13.6. The summed E-state index contributed by atoms with van der Waals surface area (Å²) in [7, 11) is 0. The molecule has 0 unspecified atom stereocenters. The number of rotatable bonds is 5. The van der Waals surface area contributed by atoms with Crippen molar-refractivity contribution in [3.63, 3.8) is 0 Å². The van der Waals surface area contributed by atoms with E-state index >= 15 is 0 Å². The molecule has 1 heterocycles. The minimum atomic E-state index is 0.157. The van der Waals surface area contributed by atoms with Crippen molar-refractivity contribution in [2.45, 2.75) is 57.5 Å². The van der Waals surface area contributed by atoms with Crippen molar-refractivity contribution in [1.82, 2.24) is 14.9 Å². The maximum atomic E-state index is 6.16. The Morgan fingerprint density at radius 1 is 1.16 bits per heavy atom. The molecule has 0 atom stereocenters. The molecular weight excluding hydrogens is 236 g/mol. The van der Waals surface area contributed by atoms with Crippen LogP contribution in [0.1, 0.15) is 51.3 Å². The van der Waals surface area contributed by atoms with Gasteiger partial charge in [0.15, 0.2) is 0 Å². The largest absolute Gasteiger partial charge is 0.329 e. The molecule has 4 heteroatoms. The third-order valence-corrected chi connectivity index (χ3v) is 4.42. The maximum Gasteiger partial charge on any atom is 0.142 e. The zero-order valence-electron chi connectivity index (χ0n) is 12.0. The van der Waals surface area contributed by atoms with Crippen LogP contribution in [0.15, 0.2) is 18.5 Å². The molecule has 2 rings (SSSR count). The van der Waals surface area contributed by atoms with Crippen molar-refractivity contribution in [2.24, 2.45) is 5.73 Å². The van der Waals surface area contributed by atoms with Crippen molar-refractivity contribution in [3.8, 4) is 0 Å². The smallest absolute Gasteiger partial charge is 0.142 e. The molecule has 0 radical (unpaired) electrons. The summed E-state index contributed by atoms with van der Waals surface area (Å²) in [6.45, 7) is 4.78. The summed E-state index contributed by atoms with van der Waals surface area (Å²) in [5.41, 5.74) is 6.31. The Bertz CT molecular complexity index is 358. The van der Waals surface area contributed by atoms with Crippen LogP contribution >= 0.6 is 0 Å². The lowest BCUT2D eigenvalue weighted by molar-refractivity contribution is 0.0730. The van der Waals surface area contributed by atoms with Gasteiger partial charge < -0.3 is 5.73 Å². The Kier molecular flexibility index (Phi) is 5.28. The molecule has 0 saturated heterocycles. The number of nitrogens with zero attached hydrogens (tertiary/aromatic N) is 3. The second-order valence-corrected chi connectivity index (χ2v) is 5.52. The second-order valence-electron chi connectivity index (χ2n) is 5.52. The molecular formula is C15H26N4. The molecule has 1 aromatic heterocycles. The number of hydrogen-bond acceptors (Lipinski definition) is 4. The van der Waals surface area contributed by atoms with Crippen LogP contribution in [0, 0.1) is 0 Å². The lowest BCUT2D eigenvalue weighted by Gasteiger charge is -2.42. The highest BCUT2D eigenvalue weighted by Gasteiger charge is 2.35. The van der Waals surface area contributed by atoms with Crippen LogP contribution in [-0.4, -0.2) is 33.5 Å². The Morgan fingerprint density at radius 2 is 1.79 bits per heavy atom. The van der Waals surface area contributed by atoms with Gasteiger partial charge in [-0.25, -0.2) is 9.97 Å². The van der Waals surface area contributed by atoms with E-state index in [9.17, 15) is 0 Å². The van der Waals surface area contributed by atoms with Crippen LogP contribution in [0.3, 0.4) is 0 Å². The Labute approximate surface area is 116 Å². The van der Waals surface area contributed by atoms with Crippen LogP contribution in [-0.2, 0) is 6.54 Å². The Hall–Kier alpha value is -1.00. The van der Waals surface area contributed by atoms with E-state index in [-0.39, 0.29) is 5.54 Å². The van der Waals surface area contributed by atoms with Crippen LogP contribution in [0.2, 0.25) is 0 Å². The highest BCUT2D eigenvalue weighted by molar-refractivity contribution is 4.96. The van der Waals surface area contributed by atoms with Gasteiger partial charge in [-0.05, 0) is 25.5 Å². The van der Waals surface area contributed by atoms with E-state index in [1.54, 1.807) is 0 Å². The first-order valence-electron chi connectivity index (χ1n) is 7.52. The van der Waals surface area contributed by atoms with Crippen LogP contribution in [0.4, 0.5) is 0 Å². The van der Waals surface area contributed by atoms with Crippen LogP contribution in [0.25, 0.3) is 0 Å². The van der Waals surface area contributed by atoms with E-state index in [2.05, 4.69) is 21.8 Å². The highest BCUT2D eigenvalue weighted by Crippen LogP contribution is 2.32. The lowest BCUT2D eigenvalue weighted by Crippen LogP contribution is -2.53. The monoisotopic (exact) mass is 262 g/mol. The van der Waals surface area contributed by atoms with Gasteiger partial charge in [0.2, 0.25) is 0 Å². The van der Waals surface area contributed by atoms with Crippen molar-refractivity contribution >= 4 is 0 Å². The van der Waals surface area contributed by atoms with Crippen molar-refractivity contribution in [1.29, 1.82) is 0 Å². The molecule has 1 saturated carbocycles. The first kappa shape index (κ1) is 14.4. The number of aromatic nitrogens is 2. The average molecular weight is 262 g/mol. The van der Waals surface area contributed by atoms with Crippen LogP contribution in [0.5, 0.6) is 0 Å². The summed E-state index contributed by atoms with van der Waals surface area (Å²) in [6.07, 6.45) is 11.3. The standard InChI is InChI=1S/C15H26N4/c1-2-19(12-14-17-10-7-11-18-14)15(13-16)8-5-3-4-6-9-15/h7,10-11H,2-6,8-9,12-13,16H2,1H3. The fourth-order valence-electron chi connectivity index (χ4n) is 3.23. The summed E-state index contributed by atoms with van der Waals surface area (Å²) >= 11 is 0. The van der Waals surface area contributed by atoms with Gasteiger partial charge >= 0.3 is 0 Å². The summed E-state index contributed by atoms with van der Waals surface area (Å²) in [5.74, 6) is 0.904. The molecule has 0 aliphatic heterocycles. The predicted molar refractivity (Wildman–Crippen MR) is 77.6 cm³/mol. The molecule has 19 heavy (non-hydrogen) atoms. The minimum absolute atomic E-state index is 0.157. The van der Waals surface area contributed by atoms with Gasteiger partial charge in [0.1, 0.15) is 5.82 Å². The number of likely N-dealkylation sites (N-methyl/N-ethyl adjacent to an activating group) is 1. The predicted octanol–water partition coefficient (Wildman–Crippen LogP) is 2.35. The molecule has 0 spiro atoms. The van der Waals surface area contributed by atoms with Crippen molar-refractivity contribution < 1.29 is 0 Å². The third kappa shape index (κ3) is 3.51. The van der Waals surface area contributed by atoms with Crippen molar-refractivity contribution in [2.75, 3.05) is 13.1 Å². The fourth-order valence-corrected chi connectivity index (χ4v) is 3.23. The molecule has 0 amide bonds. The van der Waals surface area contributed by atoms with E-state index in [0.717, 1.165) is 25.5 Å². The van der Waals surface area contributed by atoms with Gasteiger partial charge in [0.25, 0.3) is 0 Å². The topological polar surface area (TPSA) is 55.0 Å². The number of hydrogen-bond donors (Lipinski definition) is 1. The molecule has 4 nitrogen and oxygen atoms in total. The SMILES string of the molecule is CCN(Cc1ncccn1)C1(CN)CCCCCC1. The Balaban J connectivity index is 2.13. The van der Waals surface area contributed by atoms with Gasteiger partial charge in [0.05, 0.1) is 6.54 Å². The number of nitrogens with two attached hydrogens (primary N) is 1. The average Bonchev–Trinajstić information content (AvgIpc) is 2.72. The molecule has 106 valence electrons. The van der Waals surface area contributed by atoms with E-state index in [4.69, 9.17) is 5.73 Å². The molecule has 1 aromatic rings. The van der Waals surface area contributed by atoms with Gasteiger partial charge in [0, 0.05) is 24.5 Å². The Morgan fingerprint density at radius 3 is 2.32 bits per heavy atom. The normalized spacial score (nSPS) is 19.3. The highest BCUT2D eigenvalue weighted by atomic mass is 15.2. The molecule has 1 aliphatic carbocycles.